The van der Waals surface area contributed by atoms with Gasteiger partial charge in [0.05, 0.1) is 5.16 Å². The third kappa shape index (κ3) is 7.50. The Hall–Kier alpha value is 3.58. The van der Waals surface area contributed by atoms with Crippen molar-refractivity contribution < 1.29 is 117 Å². The van der Waals surface area contributed by atoms with Crippen LogP contribution in [0.5, 0.6) is 0 Å². The number of hydrogen-bond acceptors (Lipinski definition) is 3. The normalized spacial score (nSPS) is 11.5. The topological polar surface area (TPSA) is 69.2 Å². The Morgan fingerprint density at radius 1 is 1.09 bits per heavy atom. The molecule has 0 bridgehead atoms. The summed E-state index contributed by atoms with van der Waals surface area (Å²) in [5.41, 5.74) is 0. The maximum Gasteiger partial charge on any atom is 1.00 e. The minimum absolute atomic E-state index is 0. The molecule has 0 aromatic carbocycles. The zero-order chi connectivity index (χ0) is 7.71. The maximum atomic E-state index is 10.4. The summed E-state index contributed by atoms with van der Waals surface area (Å²) >= 11 is 0. The van der Waals surface area contributed by atoms with Crippen molar-refractivity contribution in [3.05, 3.63) is 0 Å². The smallest absolute Gasteiger partial charge is 0.687 e. The Kier molecular flexibility index (Phi) is 14.3. The first-order valence-corrected chi connectivity index (χ1v) is 4.37. The fourth-order valence-corrected chi connectivity index (χ4v) is 0.581. The van der Waals surface area contributed by atoms with Gasteiger partial charge in [0.15, 0.2) is 0 Å². The predicted octanol–water partition coefficient (Wildman–Crippen LogP) is -6.97. The van der Waals surface area contributed by atoms with Crippen LogP contribution in [0.15, 0.2) is 0 Å². The van der Waals surface area contributed by atoms with Crippen LogP contribution in [0.1, 0.15) is 27.2 Å². The van der Waals surface area contributed by atoms with Crippen LogP contribution in [0.25, 0.3) is 0 Å². The van der Waals surface area contributed by atoms with Crippen molar-refractivity contribution in [2.45, 2.75) is 32.3 Å². The van der Waals surface area contributed by atoms with Crippen LogP contribution in [0.3, 0.4) is 0 Å². The molecular weight excluding hydrogens is 217 g/mol. The van der Waals surface area contributed by atoms with Gasteiger partial charge in [-0.15, -0.1) is 0 Å². The first-order chi connectivity index (χ1) is 3.81. The van der Waals surface area contributed by atoms with Gasteiger partial charge in [0.2, 0.25) is 0 Å². The van der Waals surface area contributed by atoms with Gasteiger partial charge in [-0.3, -0.25) is 0 Å². The minimum atomic E-state index is -4.37. The molecule has 0 radical (unpaired) electrons. The van der Waals surface area contributed by atoms with Crippen molar-refractivity contribution in [2.75, 3.05) is 0 Å². The SMILES string of the molecule is CCC(C)(C)[P+]([O-])([O-])[O-].[K+].[K+]. The second-order valence-corrected chi connectivity index (χ2v) is 4.87. The molecule has 0 saturated carbocycles. The van der Waals surface area contributed by atoms with Crippen molar-refractivity contribution in [1.29, 1.82) is 0 Å². The molecule has 0 aliphatic rings. The molecule has 0 atom stereocenters. The van der Waals surface area contributed by atoms with Crippen LogP contribution >= 0.6 is 7.94 Å². The molecule has 6 heteroatoms. The largest absolute Gasteiger partial charge is 1.00 e. The van der Waals surface area contributed by atoms with Gasteiger partial charge < -0.3 is 14.7 Å². The van der Waals surface area contributed by atoms with Crippen LogP contribution in [0.4, 0.5) is 0 Å². The third-order valence-electron chi connectivity index (χ3n) is 1.61. The number of hydrogen-bond donors (Lipinski definition) is 0. The van der Waals surface area contributed by atoms with Gasteiger partial charge in [-0.2, -0.15) is 7.94 Å². The summed E-state index contributed by atoms with van der Waals surface area (Å²) in [5.74, 6) is 0. The summed E-state index contributed by atoms with van der Waals surface area (Å²) in [7, 11) is -4.37. The van der Waals surface area contributed by atoms with E-state index in [2.05, 4.69) is 0 Å². The third-order valence-corrected chi connectivity index (χ3v) is 3.41. The molecule has 0 unspecified atom stereocenters. The van der Waals surface area contributed by atoms with Gasteiger partial charge in [0.25, 0.3) is 0 Å². The Morgan fingerprint density at radius 3 is 1.36 bits per heavy atom. The maximum absolute atomic E-state index is 10.4. The molecular formula is C5H11K2O3P. The van der Waals surface area contributed by atoms with Crippen molar-refractivity contribution in [1.82, 2.24) is 0 Å². The van der Waals surface area contributed by atoms with E-state index in [9.17, 15) is 14.7 Å². The monoisotopic (exact) mass is 228 g/mol. The van der Waals surface area contributed by atoms with Crippen LogP contribution in [-0.2, 0) is 0 Å². The Labute approximate surface area is 154 Å². The summed E-state index contributed by atoms with van der Waals surface area (Å²) in [5, 5.41) is -1.08. The Bertz CT molecular complexity index is 102. The molecule has 0 aromatic heterocycles. The van der Waals surface area contributed by atoms with E-state index in [1.54, 1.807) is 6.92 Å². The molecule has 56 valence electrons. The molecule has 3 nitrogen and oxygen atoms in total. The molecule has 0 aliphatic carbocycles. The van der Waals surface area contributed by atoms with Crippen molar-refractivity contribution in [3.8, 4) is 0 Å². The van der Waals surface area contributed by atoms with Crippen molar-refractivity contribution in [3.63, 3.8) is 0 Å². The molecule has 0 fully saturated rings. The van der Waals surface area contributed by atoms with Gasteiger partial charge >= 0.3 is 103 Å². The van der Waals surface area contributed by atoms with Gasteiger partial charge in [0.1, 0.15) is 0 Å². The number of rotatable bonds is 2. The Balaban J connectivity index is -0.000000320. The molecule has 0 aromatic rings. The van der Waals surface area contributed by atoms with Gasteiger partial charge in [-0.05, 0) is 20.3 Å². The van der Waals surface area contributed by atoms with Crippen molar-refractivity contribution >= 4 is 7.94 Å². The molecule has 11 heavy (non-hydrogen) atoms. The van der Waals surface area contributed by atoms with Crippen LogP contribution in [0.2, 0.25) is 0 Å². The van der Waals surface area contributed by atoms with E-state index in [0.29, 0.717) is 6.42 Å². The summed E-state index contributed by atoms with van der Waals surface area (Å²) in [6.07, 6.45) is 0.372. The summed E-state index contributed by atoms with van der Waals surface area (Å²) < 4.78 is 0. The van der Waals surface area contributed by atoms with E-state index in [0.717, 1.165) is 0 Å². The first kappa shape index (κ1) is 20.1. The molecule has 0 aliphatic heterocycles. The minimum Gasteiger partial charge on any atom is -0.687 e. The molecule has 0 amide bonds. The zero-order valence-electron chi connectivity index (χ0n) is 7.88. The average Bonchev–Trinajstić information content (AvgIpc) is 1.64. The van der Waals surface area contributed by atoms with E-state index in [-0.39, 0.29) is 103 Å². The summed E-state index contributed by atoms with van der Waals surface area (Å²) in [4.78, 5) is 31.1. The van der Waals surface area contributed by atoms with Gasteiger partial charge in [-0.1, -0.05) is 6.92 Å². The average molecular weight is 228 g/mol. The molecule has 0 rings (SSSR count). The van der Waals surface area contributed by atoms with E-state index in [1.807, 2.05) is 0 Å². The Morgan fingerprint density at radius 2 is 1.36 bits per heavy atom. The van der Waals surface area contributed by atoms with E-state index < -0.39 is 13.1 Å². The van der Waals surface area contributed by atoms with Crippen LogP contribution in [-0.4, -0.2) is 5.16 Å². The van der Waals surface area contributed by atoms with E-state index in [1.165, 1.54) is 13.8 Å². The fraction of sp³-hybridized carbons (Fsp3) is 1.00. The van der Waals surface area contributed by atoms with Crippen molar-refractivity contribution in [2.24, 2.45) is 0 Å². The van der Waals surface area contributed by atoms with E-state index in [4.69, 9.17) is 0 Å². The second kappa shape index (κ2) is 7.82. The van der Waals surface area contributed by atoms with E-state index >= 15 is 0 Å². The molecule has 0 heterocycles. The predicted molar refractivity (Wildman–Crippen MR) is 31.3 cm³/mol. The fourth-order valence-electron chi connectivity index (χ4n) is 0.194. The van der Waals surface area contributed by atoms with Crippen LogP contribution < -0.4 is 117 Å². The molecule has 0 N–H and O–H groups in total. The summed E-state index contributed by atoms with van der Waals surface area (Å²) in [6, 6.07) is 0. The molecule has 0 spiro atoms. The second-order valence-electron chi connectivity index (χ2n) is 2.66. The van der Waals surface area contributed by atoms with Crippen LogP contribution in [0, 0.1) is 0 Å². The summed E-state index contributed by atoms with van der Waals surface area (Å²) in [6.45, 7) is 4.56. The standard InChI is InChI=1S/C5H13O3P.2K/c1-4-5(2,3)9(6,7)8;;/h4H2,1-3H3,(H2,6,7,8);;/q;2*+1/p-2. The first-order valence-electron chi connectivity index (χ1n) is 2.83. The van der Waals surface area contributed by atoms with Gasteiger partial charge in [0, 0.05) is 0 Å². The molecule has 0 saturated heterocycles. The van der Waals surface area contributed by atoms with Gasteiger partial charge in [-0.25, -0.2) is 0 Å². The quantitative estimate of drug-likeness (QED) is 0.348. The zero-order valence-corrected chi connectivity index (χ0v) is 15.0.